The molecule has 2 aromatic rings. The van der Waals surface area contributed by atoms with E-state index in [0.717, 1.165) is 24.1 Å². The highest BCUT2D eigenvalue weighted by atomic mass is 16.6. The number of Topliss-reactive ketones (excluding diaryl/α,β-unsaturated/α-hetero) is 1. The van der Waals surface area contributed by atoms with E-state index < -0.39 is 0 Å². The van der Waals surface area contributed by atoms with Crippen molar-refractivity contribution in [3.05, 3.63) is 54.6 Å². The first-order valence-corrected chi connectivity index (χ1v) is 8.79. The summed E-state index contributed by atoms with van der Waals surface area (Å²) in [6, 6.07) is 9.80. The Balaban J connectivity index is 1.60. The second kappa shape index (κ2) is 7.05. The molecular weight excluding hydrogens is 332 g/mol. The molecule has 0 radical (unpaired) electrons. The maximum absolute atomic E-state index is 13.1. The van der Waals surface area contributed by atoms with Gasteiger partial charge < -0.3 is 14.2 Å². The molecule has 0 spiro atoms. The molecule has 2 aliphatic rings. The average molecular weight is 354 g/mol. The van der Waals surface area contributed by atoms with Crippen LogP contribution in [0.25, 0.3) is 11.3 Å². The van der Waals surface area contributed by atoms with Crippen LogP contribution in [-0.4, -0.2) is 48.1 Å². The Morgan fingerprint density at radius 1 is 1.15 bits per heavy atom. The number of allylic oxidation sites excluding steroid dienone is 1. The van der Waals surface area contributed by atoms with Crippen LogP contribution in [0.1, 0.15) is 18.4 Å². The molecule has 0 amide bonds. The van der Waals surface area contributed by atoms with E-state index in [-0.39, 0.29) is 30.0 Å². The van der Waals surface area contributed by atoms with E-state index in [1.807, 2.05) is 36.5 Å². The number of aromatic nitrogens is 2. The number of ether oxygens (including phenoxy) is 3. The molecule has 1 saturated carbocycles. The lowest BCUT2D eigenvalue weighted by Crippen LogP contribution is -2.52. The van der Waals surface area contributed by atoms with Gasteiger partial charge in [0.15, 0.2) is 5.78 Å². The first kappa shape index (κ1) is 17.0. The number of hydrogen-bond donors (Lipinski definition) is 0. The van der Waals surface area contributed by atoms with Crippen LogP contribution < -0.4 is 0 Å². The van der Waals surface area contributed by atoms with Gasteiger partial charge in [-0.25, -0.2) is 4.68 Å². The minimum Gasteiger partial charge on any atom is -0.494 e. The highest BCUT2D eigenvalue weighted by Gasteiger charge is 2.47. The van der Waals surface area contributed by atoms with E-state index in [4.69, 9.17) is 14.2 Å². The predicted molar refractivity (Wildman–Crippen MR) is 95.7 cm³/mol. The Morgan fingerprint density at radius 2 is 1.96 bits per heavy atom. The molecule has 6 heteroatoms. The standard InChI is InChI=1S/C20H22N2O4/c1-24-17-9-8-15-18(23)16(12-26-19(15)20(17)25-2)13-10-21-22(11-13)14-6-4-3-5-7-14/h3-7,10-12,15,17,19-20H,8-9H2,1-2H3. The molecule has 0 N–H and O–H groups in total. The minimum absolute atomic E-state index is 0.0511. The van der Waals surface area contributed by atoms with Crippen LogP contribution in [0, 0.1) is 5.92 Å². The van der Waals surface area contributed by atoms with Crippen LogP contribution in [0.3, 0.4) is 0 Å². The molecule has 0 saturated heterocycles. The highest BCUT2D eigenvalue weighted by Crippen LogP contribution is 2.38. The van der Waals surface area contributed by atoms with Crippen molar-refractivity contribution in [2.45, 2.75) is 31.2 Å². The zero-order chi connectivity index (χ0) is 18.1. The van der Waals surface area contributed by atoms with Gasteiger partial charge in [0, 0.05) is 26.0 Å². The molecule has 1 aromatic carbocycles. The number of nitrogens with zero attached hydrogens (tertiary/aromatic N) is 2. The summed E-state index contributed by atoms with van der Waals surface area (Å²) < 4.78 is 18.8. The van der Waals surface area contributed by atoms with Gasteiger partial charge in [0.25, 0.3) is 0 Å². The maximum Gasteiger partial charge on any atom is 0.173 e. The van der Waals surface area contributed by atoms with Crippen molar-refractivity contribution in [1.82, 2.24) is 9.78 Å². The quantitative estimate of drug-likeness (QED) is 0.845. The van der Waals surface area contributed by atoms with E-state index in [9.17, 15) is 4.79 Å². The van der Waals surface area contributed by atoms with Crippen LogP contribution in [0.15, 0.2) is 49.0 Å². The summed E-state index contributed by atoms with van der Waals surface area (Å²) in [6.07, 6.45) is 6.02. The smallest absolute Gasteiger partial charge is 0.173 e. The summed E-state index contributed by atoms with van der Waals surface area (Å²) in [5.74, 6) is -0.128. The molecule has 1 fully saturated rings. The zero-order valence-corrected chi connectivity index (χ0v) is 14.9. The van der Waals surface area contributed by atoms with Crippen molar-refractivity contribution < 1.29 is 19.0 Å². The maximum atomic E-state index is 13.1. The third-order valence-corrected chi connectivity index (χ3v) is 5.28. The lowest BCUT2D eigenvalue weighted by Gasteiger charge is -2.42. The Kier molecular flexibility index (Phi) is 4.61. The Morgan fingerprint density at radius 3 is 2.69 bits per heavy atom. The number of carbonyl (C=O) groups excluding carboxylic acids is 1. The number of benzene rings is 1. The Hall–Kier alpha value is -2.44. The van der Waals surface area contributed by atoms with Gasteiger partial charge in [-0.05, 0) is 25.0 Å². The summed E-state index contributed by atoms with van der Waals surface area (Å²) in [4.78, 5) is 13.1. The summed E-state index contributed by atoms with van der Waals surface area (Å²) in [5.41, 5.74) is 2.28. The molecule has 1 aliphatic carbocycles. The van der Waals surface area contributed by atoms with E-state index >= 15 is 0 Å². The molecular formula is C20H22N2O4. The topological polar surface area (TPSA) is 62.6 Å². The van der Waals surface area contributed by atoms with Gasteiger partial charge in [0.1, 0.15) is 12.2 Å². The number of ketones is 1. The number of para-hydroxylation sites is 1. The highest BCUT2D eigenvalue weighted by molar-refractivity contribution is 6.22. The number of fused-ring (bicyclic) bond motifs is 1. The SMILES string of the molecule is COC1CCC2C(=O)C(c3cnn(-c4ccccc4)c3)=COC2C1OC. The van der Waals surface area contributed by atoms with Gasteiger partial charge in [-0.15, -0.1) is 0 Å². The van der Waals surface area contributed by atoms with Crippen molar-refractivity contribution >= 4 is 11.4 Å². The monoisotopic (exact) mass is 354 g/mol. The lowest BCUT2D eigenvalue weighted by atomic mass is 9.76. The van der Waals surface area contributed by atoms with Gasteiger partial charge in [0.05, 0.1) is 35.7 Å². The van der Waals surface area contributed by atoms with Crippen molar-refractivity contribution in [2.75, 3.05) is 14.2 Å². The fourth-order valence-corrected chi connectivity index (χ4v) is 3.90. The molecule has 1 aromatic heterocycles. The molecule has 6 nitrogen and oxygen atoms in total. The van der Waals surface area contributed by atoms with Gasteiger partial charge in [-0.1, -0.05) is 18.2 Å². The molecule has 2 heterocycles. The first-order chi connectivity index (χ1) is 12.7. The third kappa shape index (κ3) is 2.85. The van der Waals surface area contributed by atoms with Crippen LogP contribution >= 0.6 is 0 Å². The van der Waals surface area contributed by atoms with Gasteiger partial charge in [-0.2, -0.15) is 5.10 Å². The number of rotatable bonds is 4. The fraction of sp³-hybridized carbons (Fsp3) is 0.400. The van der Waals surface area contributed by atoms with Gasteiger partial charge in [-0.3, -0.25) is 4.79 Å². The molecule has 4 rings (SSSR count). The molecule has 1 aliphatic heterocycles. The molecule has 0 bridgehead atoms. The number of carbonyl (C=O) groups is 1. The molecule has 26 heavy (non-hydrogen) atoms. The van der Waals surface area contributed by atoms with E-state index in [0.29, 0.717) is 5.57 Å². The molecule has 136 valence electrons. The normalized spacial score (nSPS) is 28.2. The average Bonchev–Trinajstić information content (AvgIpc) is 3.18. The van der Waals surface area contributed by atoms with Gasteiger partial charge in [0.2, 0.25) is 0 Å². The van der Waals surface area contributed by atoms with E-state index in [2.05, 4.69) is 5.10 Å². The second-order valence-corrected chi connectivity index (χ2v) is 6.66. The molecule has 4 atom stereocenters. The first-order valence-electron chi connectivity index (χ1n) is 8.79. The summed E-state index contributed by atoms with van der Waals surface area (Å²) >= 11 is 0. The zero-order valence-electron chi connectivity index (χ0n) is 14.9. The van der Waals surface area contributed by atoms with Crippen molar-refractivity contribution in [1.29, 1.82) is 0 Å². The second-order valence-electron chi connectivity index (χ2n) is 6.66. The van der Waals surface area contributed by atoms with Crippen molar-refractivity contribution in [2.24, 2.45) is 5.92 Å². The molecule has 4 unspecified atom stereocenters. The Labute approximate surface area is 152 Å². The predicted octanol–water partition coefficient (Wildman–Crippen LogP) is 2.62. The van der Waals surface area contributed by atoms with Gasteiger partial charge >= 0.3 is 0 Å². The fourth-order valence-electron chi connectivity index (χ4n) is 3.90. The summed E-state index contributed by atoms with van der Waals surface area (Å²) in [5, 5.41) is 4.38. The largest absolute Gasteiger partial charge is 0.494 e. The van der Waals surface area contributed by atoms with Crippen LogP contribution in [-0.2, 0) is 19.0 Å². The van der Waals surface area contributed by atoms with Crippen LogP contribution in [0.2, 0.25) is 0 Å². The van der Waals surface area contributed by atoms with Crippen LogP contribution in [0.5, 0.6) is 0 Å². The van der Waals surface area contributed by atoms with Crippen molar-refractivity contribution in [3.8, 4) is 5.69 Å². The number of methoxy groups -OCH3 is 2. The Bertz CT molecular complexity index is 814. The summed E-state index contributed by atoms with van der Waals surface area (Å²) in [6.45, 7) is 0. The minimum atomic E-state index is -0.306. The van der Waals surface area contributed by atoms with E-state index in [1.54, 1.807) is 31.4 Å². The number of hydrogen-bond acceptors (Lipinski definition) is 5. The van der Waals surface area contributed by atoms with E-state index in [1.165, 1.54) is 0 Å². The van der Waals surface area contributed by atoms with Crippen molar-refractivity contribution in [3.63, 3.8) is 0 Å². The summed E-state index contributed by atoms with van der Waals surface area (Å²) in [7, 11) is 3.30. The van der Waals surface area contributed by atoms with Crippen LogP contribution in [0.4, 0.5) is 0 Å². The third-order valence-electron chi connectivity index (χ3n) is 5.28. The lowest BCUT2D eigenvalue weighted by molar-refractivity contribution is -0.155.